The third-order valence-electron chi connectivity index (χ3n) is 5.03. The van der Waals surface area contributed by atoms with Gasteiger partial charge in [-0.1, -0.05) is 48.5 Å². The Bertz CT molecular complexity index is 800. The van der Waals surface area contributed by atoms with Crippen LogP contribution in [-0.2, 0) is 11.3 Å². The number of phenolic OH excluding ortho intramolecular Hbond substituents is 1. The Morgan fingerprint density at radius 1 is 1.12 bits per heavy atom. The first-order valence-electron chi connectivity index (χ1n) is 8.70. The number of fused-ring (bicyclic) bond motifs is 2. The van der Waals surface area contributed by atoms with E-state index in [-0.39, 0.29) is 23.9 Å². The zero-order valence-corrected chi connectivity index (χ0v) is 14.0. The van der Waals surface area contributed by atoms with Gasteiger partial charge in [-0.3, -0.25) is 4.90 Å². The van der Waals surface area contributed by atoms with E-state index in [9.17, 15) is 9.90 Å². The predicted octanol–water partition coefficient (Wildman–Crippen LogP) is 4.35. The van der Waals surface area contributed by atoms with Crippen LogP contribution in [0.5, 0.6) is 5.75 Å². The van der Waals surface area contributed by atoms with Crippen LogP contribution in [0.25, 0.3) is 5.57 Å². The zero-order valence-electron chi connectivity index (χ0n) is 14.0. The molecule has 2 aliphatic heterocycles. The molecular weight excluding hydrogens is 314 g/mol. The smallest absolute Gasteiger partial charge is 0.410 e. The van der Waals surface area contributed by atoms with Crippen molar-refractivity contribution < 1.29 is 14.6 Å². The van der Waals surface area contributed by atoms with Crippen LogP contribution in [0.4, 0.5) is 4.79 Å². The summed E-state index contributed by atoms with van der Waals surface area (Å²) in [5, 5.41) is 9.70. The molecule has 1 fully saturated rings. The van der Waals surface area contributed by atoms with Crippen molar-refractivity contribution in [3.63, 3.8) is 0 Å². The summed E-state index contributed by atoms with van der Waals surface area (Å²) in [6.45, 7) is 0.304. The van der Waals surface area contributed by atoms with Crippen LogP contribution in [0.1, 0.15) is 30.4 Å². The fourth-order valence-corrected chi connectivity index (χ4v) is 3.83. The minimum absolute atomic E-state index is 0.0828. The van der Waals surface area contributed by atoms with E-state index in [1.807, 2.05) is 47.4 Å². The molecule has 2 aromatic carbocycles. The molecule has 2 atom stereocenters. The number of hydrogen-bond donors (Lipinski definition) is 1. The lowest BCUT2D eigenvalue weighted by Gasteiger charge is -2.33. The van der Waals surface area contributed by atoms with Gasteiger partial charge >= 0.3 is 6.09 Å². The van der Waals surface area contributed by atoms with Crippen LogP contribution in [0.2, 0.25) is 0 Å². The highest BCUT2D eigenvalue weighted by molar-refractivity contribution is 5.75. The second-order valence-corrected chi connectivity index (χ2v) is 6.69. The molecule has 25 heavy (non-hydrogen) atoms. The molecule has 0 radical (unpaired) electrons. The highest BCUT2D eigenvalue weighted by Crippen LogP contribution is 2.39. The van der Waals surface area contributed by atoms with Gasteiger partial charge in [0.2, 0.25) is 0 Å². The van der Waals surface area contributed by atoms with Gasteiger partial charge in [-0.2, -0.15) is 0 Å². The topological polar surface area (TPSA) is 49.8 Å². The van der Waals surface area contributed by atoms with Crippen molar-refractivity contribution in [3.05, 3.63) is 71.8 Å². The van der Waals surface area contributed by atoms with E-state index < -0.39 is 0 Å². The van der Waals surface area contributed by atoms with E-state index >= 15 is 0 Å². The van der Waals surface area contributed by atoms with Gasteiger partial charge in [-0.15, -0.1) is 0 Å². The molecule has 0 aromatic heterocycles. The van der Waals surface area contributed by atoms with Crippen molar-refractivity contribution in [1.82, 2.24) is 4.90 Å². The number of carbonyl (C=O) groups excluding carboxylic acids is 1. The molecule has 0 spiro atoms. The Kier molecular flexibility index (Phi) is 4.18. The van der Waals surface area contributed by atoms with Gasteiger partial charge in [0.05, 0.1) is 6.04 Å². The summed E-state index contributed by atoms with van der Waals surface area (Å²) in [4.78, 5) is 14.4. The van der Waals surface area contributed by atoms with Crippen molar-refractivity contribution in [3.8, 4) is 5.75 Å². The summed E-state index contributed by atoms with van der Waals surface area (Å²) >= 11 is 0. The van der Waals surface area contributed by atoms with Crippen molar-refractivity contribution >= 4 is 11.7 Å². The highest BCUT2D eigenvalue weighted by atomic mass is 16.6. The van der Waals surface area contributed by atoms with E-state index in [1.54, 1.807) is 12.1 Å². The van der Waals surface area contributed by atoms with Crippen LogP contribution in [0.15, 0.2) is 60.7 Å². The summed E-state index contributed by atoms with van der Waals surface area (Å²) in [5.41, 5.74) is 3.24. The number of carbonyl (C=O) groups is 1. The standard InChI is InChI=1S/C21H21NO3/c23-20-8-4-7-16(13-20)17-11-18-9-10-19(12-17)22(18)21(24)25-14-15-5-2-1-3-6-15/h1-8,11,13,18-19,23H,9-10,12,14H2. The second kappa shape index (κ2) is 6.63. The van der Waals surface area contributed by atoms with Crippen molar-refractivity contribution in [2.24, 2.45) is 0 Å². The first-order chi connectivity index (χ1) is 12.2. The molecule has 2 aliphatic rings. The summed E-state index contributed by atoms with van der Waals surface area (Å²) in [7, 11) is 0. The molecule has 2 bridgehead atoms. The van der Waals surface area contributed by atoms with E-state index in [2.05, 4.69) is 6.08 Å². The van der Waals surface area contributed by atoms with E-state index in [0.29, 0.717) is 6.61 Å². The van der Waals surface area contributed by atoms with Gasteiger partial charge in [0, 0.05) is 6.04 Å². The number of phenols is 1. The maximum Gasteiger partial charge on any atom is 0.410 e. The lowest BCUT2D eigenvalue weighted by Crippen LogP contribution is -2.43. The largest absolute Gasteiger partial charge is 0.508 e. The molecule has 4 nitrogen and oxygen atoms in total. The average Bonchev–Trinajstić information content (AvgIpc) is 2.90. The quantitative estimate of drug-likeness (QED) is 0.907. The Morgan fingerprint density at radius 2 is 1.96 bits per heavy atom. The lowest BCUT2D eigenvalue weighted by atomic mass is 9.95. The normalized spacial score (nSPS) is 21.8. The molecule has 1 saturated heterocycles. The van der Waals surface area contributed by atoms with Gasteiger partial charge in [-0.05, 0) is 48.1 Å². The van der Waals surface area contributed by atoms with E-state index in [0.717, 1.165) is 30.4 Å². The molecule has 2 unspecified atom stereocenters. The van der Waals surface area contributed by atoms with Crippen molar-refractivity contribution in [1.29, 1.82) is 0 Å². The fourth-order valence-electron chi connectivity index (χ4n) is 3.83. The van der Waals surface area contributed by atoms with Crippen LogP contribution < -0.4 is 0 Å². The first kappa shape index (κ1) is 15.8. The summed E-state index contributed by atoms with van der Waals surface area (Å²) in [5.74, 6) is 0.274. The maximum absolute atomic E-state index is 12.6. The molecule has 0 aliphatic carbocycles. The minimum Gasteiger partial charge on any atom is -0.508 e. The third-order valence-corrected chi connectivity index (χ3v) is 5.03. The Morgan fingerprint density at radius 3 is 2.72 bits per heavy atom. The molecule has 128 valence electrons. The molecule has 4 heteroatoms. The number of hydrogen-bond acceptors (Lipinski definition) is 3. The van der Waals surface area contributed by atoms with Crippen LogP contribution in [0, 0.1) is 0 Å². The first-order valence-corrected chi connectivity index (χ1v) is 8.70. The van der Waals surface area contributed by atoms with Crippen LogP contribution >= 0.6 is 0 Å². The van der Waals surface area contributed by atoms with Crippen molar-refractivity contribution in [2.75, 3.05) is 0 Å². The molecule has 2 heterocycles. The maximum atomic E-state index is 12.6. The number of aromatic hydroxyl groups is 1. The van der Waals surface area contributed by atoms with E-state index in [4.69, 9.17) is 4.74 Å². The Balaban J connectivity index is 1.47. The van der Waals surface area contributed by atoms with Gasteiger partial charge in [0.1, 0.15) is 12.4 Å². The monoisotopic (exact) mass is 335 g/mol. The molecule has 1 amide bonds. The number of ether oxygens (including phenoxy) is 1. The molecular formula is C21H21NO3. The number of nitrogens with zero attached hydrogens (tertiary/aromatic N) is 1. The molecule has 4 rings (SSSR count). The van der Waals surface area contributed by atoms with Gasteiger partial charge in [-0.25, -0.2) is 4.79 Å². The Hall–Kier alpha value is -2.75. The molecule has 1 N–H and O–H groups in total. The Labute approximate surface area is 147 Å². The summed E-state index contributed by atoms with van der Waals surface area (Å²) in [6.07, 6.45) is 4.68. The number of rotatable bonds is 3. The second-order valence-electron chi connectivity index (χ2n) is 6.69. The predicted molar refractivity (Wildman–Crippen MR) is 96.0 cm³/mol. The molecule has 0 saturated carbocycles. The number of benzene rings is 2. The highest BCUT2D eigenvalue weighted by Gasteiger charge is 2.40. The van der Waals surface area contributed by atoms with Gasteiger partial charge in [0.25, 0.3) is 0 Å². The molecule has 2 aromatic rings. The van der Waals surface area contributed by atoms with E-state index in [1.165, 1.54) is 5.57 Å². The minimum atomic E-state index is -0.234. The fraction of sp³-hybridized carbons (Fsp3) is 0.286. The zero-order chi connectivity index (χ0) is 17.2. The third kappa shape index (κ3) is 3.25. The number of amides is 1. The average molecular weight is 335 g/mol. The van der Waals surface area contributed by atoms with Crippen LogP contribution in [-0.4, -0.2) is 28.2 Å². The summed E-state index contributed by atoms with van der Waals surface area (Å²) in [6, 6.07) is 17.3. The SMILES string of the molecule is O=C(OCc1ccccc1)N1C2C=C(c3cccc(O)c3)CC1CC2. The summed E-state index contributed by atoms with van der Waals surface area (Å²) < 4.78 is 5.53. The van der Waals surface area contributed by atoms with Crippen molar-refractivity contribution in [2.45, 2.75) is 38.0 Å². The van der Waals surface area contributed by atoms with Gasteiger partial charge < -0.3 is 9.84 Å². The lowest BCUT2D eigenvalue weighted by molar-refractivity contribution is 0.0832. The van der Waals surface area contributed by atoms with Crippen LogP contribution in [0.3, 0.4) is 0 Å². The van der Waals surface area contributed by atoms with Gasteiger partial charge in [0.15, 0.2) is 0 Å².